The van der Waals surface area contributed by atoms with Gasteiger partial charge in [0.1, 0.15) is 0 Å². The van der Waals surface area contributed by atoms with Crippen LogP contribution in [0, 0.1) is 25.7 Å². The van der Waals surface area contributed by atoms with Crippen molar-refractivity contribution in [3.05, 3.63) is 17.0 Å². The quantitative estimate of drug-likeness (QED) is 0.594. The summed E-state index contributed by atoms with van der Waals surface area (Å²) >= 11 is 0. The van der Waals surface area contributed by atoms with E-state index >= 15 is 0 Å². The fourth-order valence-corrected chi connectivity index (χ4v) is 1.41. The maximum atomic E-state index is 10.6. The number of amides is 1. The van der Waals surface area contributed by atoms with Crippen LogP contribution in [0.15, 0.2) is 0 Å². The van der Waals surface area contributed by atoms with Crippen LogP contribution in [0.25, 0.3) is 0 Å². The average Bonchev–Trinajstić information content (AvgIpc) is 2.43. The normalized spacial score (nSPS) is 9.50. The van der Waals surface area contributed by atoms with Gasteiger partial charge in [-0.25, -0.2) is 0 Å². The molecule has 86 valence electrons. The molecule has 1 aromatic rings. The minimum Gasteiger partial charge on any atom is -0.355 e. The van der Waals surface area contributed by atoms with E-state index < -0.39 is 0 Å². The van der Waals surface area contributed by atoms with Crippen LogP contribution in [0.4, 0.5) is 0 Å². The van der Waals surface area contributed by atoms with Crippen LogP contribution in [0.3, 0.4) is 0 Å². The Morgan fingerprint density at radius 1 is 1.50 bits per heavy atom. The highest BCUT2D eigenvalue weighted by molar-refractivity contribution is 5.72. The number of nitrogens with zero attached hydrogens (tertiary/aromatic N) is 2. The van der Waals surface area contributed by atoms with Crippen LogP contribution in [-0.4, -0.2) is 22.2 Å². The molecule has 1 amide bonds. The van der Waals surface area contributed by atoms with E-state index in [1.54, 1.807) is 0 Å². The van der Waals surface area contributed by atoms with Crippen LogP contribution < -0.4 is 5.32 Å². The van der Waals surface area contributed by atoms with E-state index in [1.165, 1.54) is 6.92 Å². The molecule has 0 atom stereocenters. The maximum absolute atomic E-state index is 10.6. The molecule has 0 fully saturated rings. The Balaban J connectivity index is 2.60. The van der Waals surface area contributed by atoms with E-state index in [9.17, 15) is 4.79 Å². The predicted octanol–water partition coefficient (Wildman–Crippen LogP) is 0.915. The summed E-state index contributed by atoms with van der Waals surface area (Å²) in [7, 11) is 1.91. The topological polar surface area (TPSA) is 46.9 Å². The molecule has 1 rings (SSSR count). The summed E-state index contributed by atoms with van der Waals surface area (Å²) in [6.07, 6.45) is 0.660. The Morgan fingerprint density at radius 3 is 2.69 bits per heavy atom. The zero-order valence-corrected chi connectivity index (χ0v) is 10.2. The lowest BCUT2D eigenvalue weighted by atomic mass is 10.2. The highest BCUT2D eigenvalue weighted by atomic mass is 16.1. The van der Waals surface area contributed by atoms with Gasteiger partial charge in [0.2, 0.25) is 5.91 Å². The van der Waals surface area contributed by atoms with Gasteiger partial charge in [-0.2, -0.15) is 5.10 Å². The minimum absolute atomic E-state index is 0.0180. The fourth-order valence-electron chi connectivity index (χ4n) is 1.41. The van der Waals surface area contributed by atoms with Crippen molar-refractivity contribution in [1.82, 2.24) is 15.1 Å². The van der Waals surface area contributed by atoms with E-state index in [-0.39, 0.29) is 5.91 Å². The first kappa shape index (κ1) is 12.3. The van der Waals surface area contributed by atoms with Crippen molar-refractivity contribution in [2.75, 3.05) is 6.54 Å². The lowest BCUT2D eigenvalue weighted by Gasteiger charge is -1.95. The van der Waals surface area contributed by atoms with Gasteiger partial charge in [0.15, 0.2) is 0 Å². The van der Waals surface area contributed by atoms with Crippen molar-refractivity contribution in [2.24, 2.45) is 7.05 Å². The third-order valence-electron chi connectivity index (χ3n) is 2.35. The van der Waals surface area contributed by atoms with Crippen molar-refractivity contribution >= 4 is 5.91 Å². The zero-order valence-electron chi connectivity index (χ0n) is 10.2. The summed E-state index contributed by atoms with van der Waals surface area (Å²) in [5.41, 5.74) is 3.02. The molecule has 16 heavy (non-hydrogen) atoms. The van der Waals surface area contributed by atoms with E-state index in [0.29, 0.717) is 13.0 Å². The first-order valence-corrected chi connectivity index (χ1v) is 5.26. The standard InChI is InChI=1S/C12H17N3O/c1-9-12(10(2)15(4)14-9)7-5-6-8-13-11(3)16/h6,8H2,1-4H3,(H,13,16). The van der Waals surface area contributed by atoms with Crippen LogP contribution in [0.2, 0.25) is 0 Å². The Hall–Kier alpha value is -1.76. The van der Waals surface area contributed by atoms with Gasteiger partial charge in [0, 0.05) is 26.9 Å². The number of rotatable bonds is 2. The third-order valence-corrected chi connectivity index (χ3v) is 2.35. The SMILES string of the molecule is CC(=O)NCCC#Cc1c(C)nn(C)c1C. The van der Waals surface area contributed by atoms with E-state index in [4.69, 9.17) is 0 Å². The van der Waals surface area contributed by atoms with Crippen LogP contribution in [0.5, 0.6) is 0 Å². The van der Waals surface area contributed by atoms with Crippen LogP contribution >= 0.6 is 0 Å². The molecule has 0 saturated heterocycles. The molecule has 1 N–H and O–H groups in total. The van der Waals surface area contributed by atoms with Crippen LogP contribution in [0.1, 0.15) is 30.3 Å². The van der Waals surface area contributed by atoms with Gasteiger partial charge >= 0.3 is 0 Å². The third kappa shape index (κ3) is 3.13. The van der Waals surface area contributed by atoms with Crippen molar-refractivity contribution in [3.63, 3.8) is 0 Å². The van der Waals surface area contributed by atoms with Crippen LogP contribution in [-0.2, 0) is 11.8 Å². The van der Waals surface area contributed by atoms with Crippen molar-refractivity contribution < 1.29 is 4.79 Å². The van der Waals surface area contributed by atoms with Gasteiger partial charge in [-0.15, -0.1) is 0 Å². The largest absolute Gasteiger partial charge is 0.355 e. The molecule has 4 nitrogen and oxygen atoms in total. The number of nitrogens with one attached hydrogen (secondary N) is 1. The Bertz CT molecular complexity index is 449. The molecule has 4 heteroatoms. The lowest BCUT2D eigenvalue weighted by molar-refractivity contribution is -0.118. The number of hydrogen-bond donors (Lipinski definition) is 1. The van der Waals surface area contributed by atoms with Crippen molar-refractivity contribution in [1.29, 1.82) is 0 Å². The van der Waals surface area contributed by atoms with Gasteiger partial charge in [-0.05, 0) is 13.8 Å². The van der Waals surface area contributed by atoms with Gasteiger partial charge in [0.25, 0.3) is 0 Å². The number of carbonyl (C=O) groups excluding carboxylic acids is 1. The number of aryl methyl sites for hydroxylation is 2. The minimum atomic E-state index is -0.0180. The molecule has 0 unspecified atom stereocenters. The maximum Gasteiger partial charge on any atom is 0.216 e. The summed E-state index contributed by atoms with van der Waals surface area (Å²) in [5.74, 6) is 6.11. The highest BCUT2D eigenvalue weighted by Gasteiger charge is 2.05. The zero-order chi connectivity index (χ0) is 12.1. The smallest absolute Gasteiger partial charge is 0.216 e. The van der Waals surface area contributed by atoms with E-state index in [1.807, 2.05) is 25.6 Å². The number of carbonyl (C=O) groups is 1. The molecular formula is C12H17N3O. The Kier molecular flexibility index (Phi) is 4.12. The molecule has 1 aromatic heterocycles. The molecule has 0 aliphatic carbocycles. The molecule has 0 radical (unpaired) electrons. The van der Waals surface area contributed by atoms with Gasteiger partial charge < -0.3 is 5.32 Å². The average molecular weight is 219 g/mol. The van der Waals surface area contributed by atoms with Gasteiger partial charge in [-0.3, -0.25) is 9.48 Å². The lowest BCUT2D eigenvalue weighted by Crippen LogP contribution is -2.20. The van der Waals surface area contributed by atoms with Crippen molar-refractivity contribution in [2.45, 2.75) is 27.2 Å². The second-order valence-electron chi connectivity index (χ2n) is 3.70. The monoisotopic (exact) mass is 219 g/mol. The molecule has 0 aliphatic heterocycles. The molecule has 1 heterocycles. The second-order valence-corrected chi connectivity index (χ2v) is 3.70. The number of hydrogen-bond acceptors (Lipinski definition) is 2. The molecule has 0 bridgehead atoms. The van der Waals surface area contributed by atoms with Gasteiger partial charge in [0.05, 0.1) is 17.0 Å². The summed E-state index contributed by atoms with van der Waals surface area (Å²) in [6, 6.07) is 0. The first-order chi connectivity index (χ1) is 7.52. The summed E-state index contributed by atoms with van der Waals surface area (Å²) < 4.78 is 1.83. The number of aromatic nitrogens is 2. The predicted molar refractivity (Wildman–Crippen MR) is 62.9 cm³/mol. The highest BCUT2D eigenvalue weighted by Crippen LogP contribution is 2.09. The Labute approximate surface area is 96.0 Å². The molecule has 0 aromatic carbocycles. The fraction of sp³-hybridized carbons (Fsp3) is 0.500. The van der Waals surface area contributed by atoms with Crippen molar-refractivity contribution in [3.8, 4) is 11.8 Å². The molecule has 0 saturated carbocycles. The summed E-state index contributed by atoms with van der Waals surface area (Å²) in [5, 5.41) is 6.99. The first-order valence-electron chi connectivity index (χ1n) is 5.26. The molecule has 0 spiro atoms. The van der Waals surface area contributed by atoms with Gasteiger partial charge in [-0.1, -0.05) is 11.8 Å². The summed E-state index contributed by atoms with van der Waals surface area (Å²) in [4.78, 5) is 10.6. The molecular weight excluding hydrogens is 202 g/mol. The van der Waals surface area contributed by atoms with E-state index in [2.05, 4.69) is 22.3 Å². The molecule has 0 aliphatic rings. The summed E-state index contributed by atoms with van der Waals surface area (Å²) in [6.45, 7) is 6.05. The Morgan fingerprint density at radius 2 is 2.19 bits per heavy atom. The second kappa shape index (κ2) is 5.36. The van der Waals surface area contributed by atoms with E-state index in [0.717, 1.165) is 17.0 Å².